The summed E-state index contributed by atoms with van der Waals surface area (Å²) in [5.41, 5.74) is 1.41. The molecule has 1 aliphatic rings. The quantitative estimate of drug-likeness (QED) is 0.763. The normalized spacial score (nSPS) is 17.4. The summed E-state index contributed by atoms with van der Waals surface area (Å²) >= 11 is 1.90. The number of aromatic nitrogens is 1. The lowest BCUT2D eigenvalue weighted by atomic mass is 9.96. The first-order valence-electron chi connectivity index (χ1n) is 8.28. The lowest BCUT2D eigenvalue weighted by molar-refractivity contribution is 0.371. The molecule has 0 aromatic carbocycles. The molecule has 0 aliphatic heterocycles. The Labute approximate surface area is 132 Å². The average Bonchev–Trinajstić information content (AvgIpc) is 3.22. The molecule has 21 heavy (non-hydrogen) atoms. The maximum Gasteiger partial charge on any atom is 0.0446 e. The van der Waals surface area contributed by atoms with Crippen LogP contribution in [0.4, 0.5) is 0 Å². The Morgan fingerprint density at radius 1 is 1.33 bits per heavy atom. The van der Waals surface area contributed by atoms with Crippen LogP contribution in [0.5, 0.6) is 0 Å². The Kier molecular flexibility index (Phi) is 5.15. The molecule has 1 N–H and O–H groups in total. The van der Waals surface area contributed by atoms with Crippen LogP contribution in [-0.2, 0) is 13.1 Å². The third-order valence-corrected chi connectivity index (χ3v) is 5.50. The van der Waals surface area contributed by atoms with Crippen molar-refractivity contribution >= 4 is 11.3 Å². The molecule has 0 spiro atoms. The van der Waals surface area contributed by atoms with Crippen molar-refractivity contribution in [2.45, 2.75) is 58.2 Å². The van der Waals surface area contributed by atoms with E-state index < -0.39 is 0 Å². The van der Waals surface area contributed by atoms with Crippen molar-refractivity contribution in [3.63, 3.8) is 0 Å². The maximum atomic E-state index is 3.83. The van der Waals surface area contributed by atoms with Gasteiger partial charge < -0.3 is 9.88 Å². The molecular weight excluding hydrogens is 276 g/mol. The number of hydrogen-bond donors (Lipinski definition) is 1. The van der Waals surface area contributed by atoms with Crippen LogP contribution in [0.25, 0.3) is 0 Å². The van der Waals surface area contributed by atoms with Gasteiger partial charge in [0, 0.05) is 36.4 Å². The zero-order chi connectivity index (χ0) is 14.5. The van der Waals surface area contributed by atoms with Gasteiger partial charge >= 0.3 is 0 Å². The first kappa shape index (κ1) is 14.9. The second-order valence-electron chi connectivity index (χ2n) is 6.18. The van der Waals surface area contributed by atoms with E-state index in [2.05, 4.69) is 52.8 Å². The largest absolute Gasteiger partial charge is 0.354 e. The summed E-state index contributed by atoms with van der Waals surface area (Å²) in [7, 11) is 0. The molecule has 1 unspecified atom stereocenters. The molecule has 3 heteroatoms. The van der Waals surface area contributed by atoms with Gasteiger partial charge in [-0.3, -0.25) is 0 Å². The van der Waals surface area contributed by atoms with E-state index in [1.807, 2.05) is 11.3 Å². The highest BCUT2D eigenvalue weighted by Crippen LogP contribution is 2.37. The fourth-order valence-electron chi connectivity index (χ4n) is 3.48. The van der Waals surface area contributed by atoms with Crippen molar-refractivity contribution in [3.05, 3.63) is 46.4 Å². The lowest BCUT2D eigenvalue weighted by Gasteiger charge is -2.23. The highest BCUT2D eigenvalue weighted by molar-refractivity contribution is 7.10. The van der Waals surface area contributed by atoms with E-state index in [1.54, 1.807) is 0 Å². The summed E-state index contributed by atoms with van der Waals surface area (Å²) in [5, 5.41) is 6.04. The van der Waals surface area contributed by atoms with Crippen LogP contribution in [0.2, 0.25) is 0 Å². The van der Waals surface area contributed by atoms with Crippen LogP contribution in [0.1, 0.15) is 55.5 Å². The molecule has 0 bridgehead atoms. The van der Waals surface area contributed by atoms with Crippen molar-refractivity contribution in [1.82, 2.24) is 9.88 Å². The molecule has 0 amide bonds. The number of rotatable bonds is 7. The average molecular weight is 302 g/mol. The third-order valence-electron chi connectivity index (χ3n) is 4.54. The van der Waals surface area contributed by atoms with Gasteiger partial charge in [0.2, 0.25) is 0 Å². The molecule has 1 fully saturated rings. The van der Waals surface area contributed by atoms with Gasteiger partial charge in [-0.2, -0.15) is 0 Å². The number of nitrogens with one attached hydrogen (secondary N) is 1. The van der Waals surface area contributed by atoms with E-state index in [1.165, 1.54) is 42.5 Å². The van der Waals surface area contributed by atoms with Crippen molar-refractivity contribution < 1.29 is 0 Å². The standard InChI is InChI=1S/C18H26N2S/c1-2-10-20-11-9-15(14-20)13-19-18(16-6-3-4-7-16)17-8-5-12-21-17/h5,8-9,11-12,14,16,18-19H,2-4,6-7,10,13H2,1H3. The third kappa shape index (κ3) is 3.78. The molecule has 2 aromatic rings. The molecule has 0 saturated heterocycles. The van der Waals surface area contributed by atoms with Crippen LogP contribution in [0, 0.1) is 5.92 Å². The van der Waals surface area contributed by atoms with E-state index in [0.717, 1.165) is 19.0 Å². The summed E-state index contributed by atoms with van der Waals surface area (Å²) < 4.78 is 2.30. The van der Waals surface area contributed by atoms with Crippen LogP contribution in [0.15, 0.2) is 36.0 Å². The molecule has 2 nitrogen and oxygen atoms in total. The second-order valence-corrected chi connectivity index (χ2v) is 7.16. The fourth-order valence-corrected chi connectivity index (χ4v) is 4.37. The Bertz CT molecular complexity index is 523. The molecule has 1 atom stereocenters. The zero-order valence-corrected chi connectivity index (χ0v) is 13.7. The van der Waals surface area contributed by atoms with E-state index >= 15 is 0 Å². The summed E-state index contributed by atoms with van der Waals surface area (Å²) in [6, 6.07) is 7.27. The predicted octanol–water partition coefficient (Wildman–Crippen LogP) is 4.98. The second kappa shape index (κ2) is 7.28. The van der Waals surface area contributed by atoms with E-state index in [4.69, 9.17) is 0 Å². The summed E-state index contributed by atoms with van der Waals surface area (Å²) in [5.74, 6) is 0.821. The van der Waals surface area contributed by atoms with Crippen molar-refractivity contribution in [2.24, 2.45) is 5.92 Å². The summed E-state index contributed by atoms with van der Waals surface area (Å²) in [6.45, 7) is 4.33. The maximum absolute atomic E-state index is 3.83. The van der Waals surface area contributed by atoms with E-state index in [9.17, 15) is 0 Å². The number of thiophene rings is 1. The number of hydrogen-bond acceptors (Lipinski definition) is 2. The van der Waals surface area contributed by atoms with Crippen LogP contribution in [-0.4, -0.2) is 4.57 Å². The predicted molar refractivity (Wildman–Crippen MR) is 90.6 cm³/mol. The summed E-state index contributed by atoms with van der Waals surface area (Å²) in [4.78, 5) is 1.51. The first-order chi connectivity index (χ1) is 10.4. The monoisotopic (exact) mass is 302 g/mol. The minimum atomic E-state index is 0.544. The number of aryl methyl sites for hydroxylation is 1. The molecule has 1 aliphatic carbocycles. The van der Waals surface area contributed by atoms with Gasteiger partial charge in [-0.1, -0.05) is 25.8 Å². The SMILES string of the molecule is CCCn1ccc(CNC(c2cccs2)C2CCCC2)c1. The van der Waals surface area contributed by atoms with Crippen molar-refractivity contribution in [2.75, 3.05) is 0 Å². The molecular formula is C18H26N2S. The fraction of sp³-hybridized carbons (Fsp3) is 0.556. The molecule has 2 heterocycles. The van der Waals surface area contributed by atoms with Gasteiger partial charge in [0.1, 0.15) is 0 Å². The summed E-state index contributed by atoms with van der Waals surface area (Å²) in [6.07, 6.45) is 11.3. The van der Waals surface area contributed by atoms with Crippen molar-refractivity contribution in [3.8, 4) is 0 Å². The molecule has 114 valence electrons. The smallest absolute Gasteiger partial charge is 0.0446 e. The Hall–Kier alpha value is -1.06. The van der Waals surface area contributed by atoms with Crippen LogP contribution >= 0.6 is 11.3 Å². The van der Waals surface area contributed by atoms with E-state index in [-0.39, 0.29) is 0 Å². The Morgan fingerprint density at radius 2 is 2.19 bits per heavy atom. The van der Waals surface area contributed by atoms with E-state index in [0.29, 0.717) is 6.04 Å². The highest BCUT2D eigenvalue weighted by atomic mass is 32.1. The van der Waals surface area contributed by atoms with Gasteiger partial charge in [-0.25, -0.2) is 0 Å². The first-order valence-corrected chi connectivity index (χ1v) is 9.16. The molecule has 2 aromatic heterocycles. The minimum absolute atomic E-state index is 0.544. The Morgan fingerprint density at radius 3 is 2.90 bits per heavy atom. The van der Waals surface area contributed by atoms with Gasteiger partial charge in [0.25, 0.3) is 0 Å². The highest BCUT2D eigenvalue weighted by Gasteiger charge is 2.26. The molecule has 0 radical (unpaired) electrons. The number of nitrogens with zero attached hydrogens (tertiary/aromatic N) is 1. The van der Waals surface area contributed by atoms with Gasteiger partial charge in [0.15, 0.2) is 0 Å². The topological polar surface area (TPSA) is 17.0 Å². The van der Waals surface area contributed by atoms with Crippen LogP contribution < -0.4 is 5.32 Å². The zero-order valence-electron chi connectivity index (χ0n) is 12.9. The lowest BCUT2D eigenvalue weighted by Crippen LogP contribution is -2.26. The molecule has 3 rings (SSSR count). The Balaban J connectivity index is 1.63. The van der Waals surface area contributed by atoms with Crippen LogP contribution in [0.3, 0.4) is 0 Å². The van der Waals surface area contributed by atoms with Gasteiger partial charge in [-0.15, -0.1) is 11.3 Å². The molecule has 1 saturated carbocycles. The minimum Gasteiger partial charge on any atom is -0.354 e. The van der Waals surface area contributed by atoms with Crippen molar-refractivity contribution in [1.29, 1.82) is 0 Å². The van der Waals surface area contributed by atoms with Gasteiger partial charge in [0.05, 0.1) is 0 Å². The van der Waals surface area contributed by atoms with Gasteiger partial charge in [-0.05, 0) is 48.3 Å².